The van der Waals surface area contributed by atoms with E-state index in [4.69, 9.17) is 10.8 Å². The minimum Gasteiger partial charge on any atom is -0.543 e. The maximum atomic E-state index is 11.9. The molecule has 0 aromatic heterocycles. The molecule has 9 heteroatoms. The average molecular weight is 380 g/mol. The number of nitrogens with two attached hydrogens (primary N) is 1. The summed E-state index contributed by atoms with van der Waals surface area (Å²) in [6, 6.07) is -0.860. The van der Waals surface area contributed by atoms with Crippen molar-refractivity contribution >= 4 is 29.6 Å². The van der Waals surface area contributed by atoms with Gasteiger partial charge in [0.05, 0.1) is 11.7 Å². The molecule has 0 heterocycles. The van der Waals surface area contributed by atoms with E-state index in [-0.39, 0.29) is 52.5 Å². The van der Waals surface area contributed by atoms with Crippen molar-refractivity contribution in [1.82, 2.24) is 5.32 Å². The van der Waals surface area contributed by atoms with Crippen LogP contribution < -0.4 is 45.7 Å². The largest absolute Gasteiger partial charge is 1.00 e. The van der Waals surface area contributed by atoms with Gasteiger partial charge < -0.3 is 26.1 Å². The molecule has 1 saturated carbocycles. The summed E-state index contributed by atoms with van der Waals surface area (Å²) in [7, 11) is 0. The number of allylic oxidation sites excluding steroid dienone is 1. The molecule has 1 aliphatic carbocycles. The van der Waals surface area contributed by atoms with Gasteiger partial charge in [0.1, 0.15) is 6.04 Å². The van der Waals surface area contributed by atoms with Crippen molar-refractivity contribution in [3.05, 3.63) is 11.8 Å². The fraction of sp³-hybridized carbons (Fsp3) is 0.688. The minimum atomic E-state index is -1.39. The van der Waals surface area contributed by atoms with E-state index in [1.54, 1.807) is 0 Å². The predicted molar refractivity (Wildman–Crippen MR) is 89.9 cm³/mol. The molecule has 1 aliphatic rings. The standard InChI is InChI=1S/C16H26N2O5S.Na/c1-16(2)8-10(16)13(19)18-12(15(22)23)6-4-3-5-7-24-9-11(17)14(20)21;/h6,10-11H,3-5,7-9,17H2,1-2H3,(H,18,19)(H,20,21)(H,22,23);/q;+1/p-1/b12-6+;/t10-,11-;/m1./s1. The molecule has 0 unspecified atom stereocenters. The van der Waals surface area contributed by atoms with Gasteiger partial charge in [0.25, 0.3) is 0 Å². The molecule has 7 nitrogen and oxygen atoms in total. The molecule has 0 aliphatic heterocycles. The first-order chi connectivity index (χ1) is 11.1. The molecule has 0 saturated heterocycles. The van der Waals surface area contributed by atoms with Crippen LogP contribution in [0.2, 0.25) is 0 Å². The molecule has 0 bridgehead atoms. The summed E-state index contributed by atoms with van der Waals surface area (Å²) in [5.41, 5.74) is 5.15. The van der Waals surface area contributed by atoms with Gasteiger partial charge in [-0.3, -0.25) is 9.59 Å². The molecule has 0 aromatic rings. The third kappa shape index (κ3) is 9.10. The number of hydrogen-bond donors (Lipinski definition) is 3. The Bertz CT molecular complexity index is 525. The maximum Gasteiger partial charge on any atom is 1.00 e. The number of carbonyl (C=O) groups excluding carboxylic acids is 2. The molecule has 0 aromatic carbocycles. The smallest absolute Gasteiger partial charge is 0.543 e. The van der Waals surface area contributed by atoms with Gasteiger partial charge in [-0.2, -0.15) is 11.8 Å². The Morgan fingerprint density at radius 2 is 2.00 bits per heavy atom. The van der Waals surface area contributed by atoms with E-state index in [0.29, 0.717) is 12.2 Å². The van der Waals surface area contributed by atoms with Gasteiger partial charge in [-0.15, -0.1) is 0 Å². The predicted octanol–water partition coefficient (Wildman–Crippen LogP) is -2.90. The van der Waals surface area contributed by atoms with Gasteiger partial charge >= 0.3 is 35.5 Å². The Morgan fingerprint density at radius 1 is 1.40 bits per heavy atom. The molecule has 25 heavy (non-hydrogen) atoms. The first-order valence-electron chi connectivity index (χ1n) is 7.93. The van der Waals surface area contributed by atoms with Gasteiger partial charge in [-0.05, 0) is 36.9 Å². The number of unbranched alkanes of at least 4 members (excludes halogenated alkanes) is 2. The number of amides is 1. The Kier molecular flexibility index (Phi) is 11.0. The van der Waals surface area contributed by atoms with Crippen molar-refractivity contribution in [2.24, 2.45) is 17.1 Å². The van der Waals surface area contributed by atoms with E-state index < -0.39 is 18.0 Å². The fourth-order valence-electron chi connectivity index (χ4n) is 2.20. The second kappa shape index (κ2) is 11.2. The quantitative estimate of drug-likeness (QED) is 0.199. The summed E-state index contributed by atoms with van der Waals surface area (Å²) in [5, 5.41) is 22.2. The maximum absolute atomic E-state index is 11.9. The van der Waals surface area contributed by atoms with Crippen LogP contribution >= 0.6 is 11.8 Å². The fourth-order valence-corrected chi connectivity index (χ4v) is 3.17. The minimum absolute atomic E-state index is 0. The monoisotopic (exact) mass is 380 g/mol. The van der Waals surface area contributed by atoms with Crippen molar-refractivity contribution in [3.8, 4) is 0 Å². The van der Waals surface area contributed by atoms with Crippen molar-refractivity contribution in [1.29, 1.82) is 0 Å². The second-order valence-electron chi connectivity index (χ2n) is 6.66. The van der Waals surface area contributed by atoms with E-state index in [1.165, 1.54) is 17.8 Å². The zero-order valence-corrected chi connectivity index (χ0v) is 17.9. The van der Waals surface area contributed by atoms with Crippen LogP contribution in [0.3, 0.4) is 0 Å². The number of carbonyl (C=O) groups is 3. The molecule has 1 amide bonds. The third-order valence-electron chi connectivity index (χ3n) is 4.01. The number of nitrogens with one attached hydrogen (secondary N) is 1. The van der Waals surface area contributed by atoms with Crippen LogP contribution in [0.5, 0.6) is 0 Å². The number of aliphatic carboxylic acids is 2. The summed E-state index contributed by atoms with van der Waals surface area (Å²) in [6.45, 7) is 3.93. The van der Waals surface area contributed by atoms with Crippen LogP contribution in [0, 0.1) is 11.3 Å². The SMILES string of the molecule is CC1(C)C[C@@H]1C(=O)N/C(=C/CCCCSC[C@@H](N)C(=O)O)C(=O)[O-].[Na+]. The Morgan fingerprint density at radius 3 is 2.48 bits per heavy atom. The van der Waals surface area contributed by atoms with Gasteiger partial charge in [0, 0.05) is 11.7 Å². The van der Waals surface area contributed by atoms with Crippen LogP contribution in [0.4, 0.5) is 0 Å². The Balaban J connectivity index is 0.00000576. The van der Waals surface area contributed by atoms with Crippen molar-refractivity contribution < 1.29 is 54.2 Å². The molecule has 0 radical (unpaired) electrons. The van der Waals surface area contributed by atoms with E-state index in [9.17, 15) is 19.5 Å². The van der Waals surface area contributed by atoms with Gasteiger partial charge in [0.2, 0.25) is 5.91 Å². The van der Waals surface area contributed by atoms with Gasteiger partial charge in [0.15, 0.2) is 0 Å². The normalized spacial score (nSPS) is 19.5. The van der Waals surface area contributed by atoms with Crippen molar-refractivity contribution in [2.45, 2.75) is 45.6 Å². The van der Waals surface area contributed by atoms with Crippen LogP contribution in [0.1, 0.15) is 39.5 Å². The molecule has 1 fully saturated rings. The molecular weight excluding hydrogens is 355 g/mol. The van der Waals surface area contributed by atoms with E-state index in [2.05, 4.69) is 5.32 Å². The number of carboxylic acid groups (broad SMARTS) is 2. The summed E-state index contributed by atoms with van der Waals surface area (Å²) in [4.78, 5) is 33.5. The van der Waals surface area contributed by atoms with Crippen LogP contribution in [-0.4, -0.2) is 40.5 Å². The molecule has 136 valence electrons. The number of hydrogen-bond acceptors (Lipinski definition) is 6. The van der Waals surface area contributed by atoms with Crippen LogP contribution in [0.15, 0.2) is 11.8 Å². The summed E-state index contributed by atoms with van der Waals surface area (Å²) in [6.07, 6.45) is 4.27. The van der Waals surface area contributed by atoms with Crippen LogP contribution in [-0.2, 0) is 14.4 Å². The summed E-state index contributed by atoms with van der Waals surface area (Å²) >= 11 is 1.45. The summed E-state index contributed by atoms with van der Waals surface area (Å²) < 4.78 is 0. The summed E-state index contributed by atoms with van der Waals surface area (Å²) in [5.74, 6) is -1.72. The molecule has 0 spiro atoms. The number of carboxylic acids is 2. The first kappa shape index (κ1) is 24.5. The molecular formula is C16H25N2NaO5S. The van der Waals surface area contributed by atoms with Crippen molar-refractivity contribution in [2.75, 3.05) is 11.5 Å². The van der Waals surface area contributed by atoms with E-state index in [1.807, 2.05) is 13.8 Å². The third-order valence-corrected chi connectivity index (χ3v) is 5.19. The second-order valence-corrected chi connectivity index (χ2v) is 7.81. The number of thioether (sulfide) groups is 1. The molecule has 2 atom stereocenters. The van der Waals surface area contributed by atoms with Crippen molar-refractivity contribution in [3.63, 3.8) is 0 Å². The average Bonchev–Trinajstić information content (AvgIpc) is 3.13. The first-order valence-corrected chi connectivity index (χ1v) is 9.09. The zero-order chi connectivity index (χ0) is 18.3. The van der Waals surface area contributed by atoms with Crippen LogP contribution in [0.25, 0.3) is 0 Å². The van der Waals surface area contributed by atoms with Gasteiger partial charge in [-0.25, -0.2) is 0 Å². The van der Waals surface area contributed by atoms with E-state index >= 15 is 0 Å². The zero-order valence-electron chi connectivity index (χ0n) is 15.0. The topological polar surface area (TPSA) is 133 Å². The van der Waals surface area contributed by atoms with E-state index in [0.717, 1.165) is 25.0 Å². The molecule has 4 N–H and O–H groups in total. The Hall–Kier alpha value is -0.540. The Labute approximate surface area is 174 Å². The van der Waals surface area contributed by atoms with Gasteiger partial charge in [-0.1, -0.05) is 19.9 Å². The molecule has 1 rings (SSSR count). The number of rotatable bonds is 11.